The number of nitrogens with one attached hydrogen (secondary N) is 1. The molecular weight excluding hydrogens is 340 g/mol. The number of urea groups is 1. The van der Waals surface area contributed by atoms with E-state index in [1.165, 1.54) is 11.1 Å². The van der Waals surface area contributed by atoms with Crippen LogP contribution in [0.2, 0.25) is 0 Å². The number of benzene rings is 2. The van der Waals surface area contributed by atoms with Crippen molar-refractivity contribution < 1.29 is 9.32 Å². The Morgan fingerprint density at radius 2 is 1.80 bits per heavy atom. The van der Waals surface area contributed by atoms with Crippen LogP contribution in [0.1, 0.15) is 17.0 Å². The number of hydrogen-bond acceptors (Lipinski definition) is 4. The first kappa shape index (κ1) is 15.7. The minimum atomic E-state index is -0.118. The predicted molar refractivity (Wildman–Crippen MR) is 94.0 cm³/mol. The number of hydrogen-bond donors (Lipinski definition) is 1. The summed E-state index contributed by atoms with van der Waals surface area (Å²) >= 11 is 5.66. The average Bonchev–Trinajstić information content (AvgIpc) is 3.29. The molecule has 2 aromatic carbocycles. The van der Waals surface area contributed by atoms with Gasteiger partial charge in [0.05, 0.1) is 0 Å². The van der Waals surface area contributed by atoms with Crippen LogP contribution in [-0.4, -0.2) is 21.1 Å². The van der Waals surface area contributed by atoms with Crippen LogP contribution in [0.5, 0.6) is 0 Å². The predicted octanol–water partition coefficient (Wildman–Crippen LogP) is 4.02. The van der Waals surface area contributed by atoms with Gasteiger partial charge in [-0.2, -0.15) is 4.98 Å². The van der Waals surface area contributed by atoms with E-state index < -0.39 is 0 Å². The van der Waals surface area contributed by atoms with Gasteiger partial charge in [-0.1, -0.05) is 29.4 Å². The van der Waals surface area contributed by atoms with Crippen molar-refractivity contribution in [3.05, 3.63) is 65.5 Å². The topological polar surface area (TPSA) is 71.3 Å². The van der Waals surface area contributed by atoms with E-state index in [1.807, 2.05) is 36.4 Å². The Bertz CT molecular complexity index is 882. The van der Waals surface area contributed by atoms with Crippen molar-refractivity contribution >= 4 is 23.3 Å². The molecule has 2 heterocycles. The summed E-state index contributed by atoms with van der Waals surface area (Å²) in [7, 11) is 0. The zero-order valence-electron chi connectivity index (χ0n) is 13.3. The maximum Gasteiger partial charge on any atom is 0.322 e. The lowest BCUT2D eigenvalue weighted by Gasteiger charge is -2.16. The molecule has 4 rings (SSSR count). The van der Waals surface area contributed by atoms with Gasteiger partial charge in [0, 0.05) is 24.3 Å². The fourth-order valence-electron chi connectivity index (χ4n) is 2.81. The van der Waals surface area contributed by atoms with Crippen molar-refractivity contribution in [1.29, 1.82) is 0 Å². The smallest absolute Gasteiger partial charge is 0.322 e. The Labute approximate surface area is 149 Å². The van der Waals surface area contributed by atoms with E-state index in [0.717, 1.165) is 5.56 Å². The van der Waals surface area contributed by atoms with Gasteiger partial charge < -0.3 is 14.7 Å². The molecule has 126 valence electrons. The van der Waals surface area contributed by atoms with E-state index in [4.69, 9.17) is 16.1 Å². The number of halogens is 1. The number of fused-ring (bicyclic) bond motifs is 1. The van der Waals surface area contributed by atoms with Gasteiger partial charge in [-0.05, 0) is 35.4 Å². The lowest BCUT2D eigenvalue weighted by atomic mass is 10.1. The highest BCUT2D eigenvalue weighted by Gasteiger charge is 2.22. The van der Waals surface area contributed by atoms with Gasteiger partial charge in [-0.3, -0.25) is 0 Å². The van der Waals surface area contributed by atoms with Crippen LogP contribution in [0, 0.1) is 0 Å². The maximum absolute atomic E-state index is 12.4. The molecule has 1 N–H and O–H groups in total. The highest BCUT2D eigenvalue weighted by molar-refractivity contribution is 6.16. The largest absolute Gasteiger partial charge is 0.338 e. The average molecular weight is 355 g/mol. The monoisotopic (exact) mass is 354 g/mol. The Balaban J connectivity index is 1.42. The highest BCUT2D eigenvalue weighted by Crippen LogP contribution is 2.24. The summed E-state index contributed by atoms with van der Waals surface area (Å²) in [6, 6.07) is 15.3. The van der Waals surface area contributed by atoms with E-state index in [1.54, 1.807) is 4.90 Å². The molecule has 0 aliphatic carbocycles. The lowest BCUT2D eigenvalue weighted by Crippen LogP contribution is -2.30. The summed E-state index contributed by atoms with van der Waals surface area (Å²) in [6.45, 7) is 1.26. The van der Waals surface area contributed by atoms with Crippen LogP contribution in [0.25, 0.3) is 11.4 Å². The summed E-state index contributed by atoms with van der Waals surface area (Å²) in [6.07, 6.45) is 0. The standard InChI is InChI=1S/C18H15ClN4O2/c19-9-16-21-17(22-25-16)12-5-7-15(8-6-12)20-18(24)23-10-13-3-1-2-4-14(13)11-23/h1-8H,9-11H2,(H,20,24). The summed E-state index contributed by atoms with van der Waals surface area (Å²) < 4.78 is 4.99. The van der Waals surface area contributed by atoms with Crippen LogP contribution in [0.15, 0.2) is 53.1 Å². The molecule has 1 aromatic heterocycles. The number of amides is 2. The van der Waals surface area contributed by atoms with Crippen molar-refractivity contribution in [1.82, 2.24) is 15.0 Å². The number of anilines is 1. The maximum atomic E-state index is 12.4. The van der Waals surface area contributed by atoms with Gasteiger partial charge in [-0.15, -0.1) is 11.6 Å². The summed E-state index contributed by atoms with van der Waals surface area (Å²) in [5, 5.41) is 6.78. The van der Waals surface area contributed by atoms with Crippen molar-refractivity contribution in [3.63, 3.8) is 0 Å². The third-order valence-electron chi connectivity index (χ3n) is 4.10. The van der Waals surface area contributed by atoms with Crippen LogP contribution < -0.4 is 5.32 Å². The molecule has 0 atom stereocenters. The molecular formula is C18H15ClN4O2. The van der Waals surface area contributed by atoms with E-state index in [-0.39, 0.29) is 11.9 Å². The third kappa shape index (κ3) is 3.21. The van der Waals surface area contributed by atoms with Gasteiger partial charge in [0.2, 0.25) is 11.7 Å². The molecule has 2 amide bonds. The van der Waals surface area contributed by atoms with E-state index in [2.05, 4.69) is 27.6 Å². The van der Waals surface area contributed by atoms with Crippen LogP contribution >= 0.6 is 11.6 Å². The molecule has 0 saturated carbocycles. The normalized spacial score (nSPS) is 12.9. The molecule has 0 saturated heterocycles. The fraction of sp³-hybridized carbons (Fsp3) is 0.167. The number of alkyl halides is 1. The number of nitrogens with zero attached hydrogens (tertiary/aromatic N) is 3. The Kier molecular flexibility index (Phi) is 4.11. The molecule has 7 heteroatoms. The zero-order valence-corrected chi connectivity index (χ0v) is 14.0. The number of rotatable bonds is 3. The van der Waals surface area contributed by atoms with E-state index in [0.29, 0.717) is 30.5 Å². The molecule has 0 radical (unpaired) electrons. The van der Waals surface area contributed by atoms with Gasteiger partial charge in [0.1, 0.15) is 5.88 Å². The Hall–Kier alpha value is -2.86. The fourth-order valence-corrected chi connectivity index (χ4v) is 2.92. The molecule has 1 aliphatic heterocycles. The van der Waals surface area contributed by atoms with Crippen molar-refractivity contribution in [2.75, 3.05) is 5.32 Å². The molecule has 0 bridgehead atoms. The number of carbonyl (C=O) groups excluding carboxylic acids is 1. The van der Waals surface area contributed by atoms with Gasteiger partial charge in [-0.25, -0.2) is 4.79 Å². The molecule has 1 aliphatic rings. The third-order valence-corrected chi connectivity index (χ3v) is 4.33. The second kappa shape index (κ2) is 6.57. The van der Waals surface area contributed by atoms with Crippen molar-refractivity contribution in [3.8, 4) is 11.4 Å². The van der Waals surface area contributed by atoms with Gasteiger partial charge >= 0.3 is 6.03 Å². The highest BCUT2D eigenvalue weighted by atomic mass is 35.5. The second-order valence-electron chi connectivity index (χ2n) is 5.78. The quantitative estimate of drug-likeness (QED) is 0.721. The lowest BCUT2D eigenvalue weighted by molar-refractivity contribution is 0.212. The van der Waals surface area contributed by atoms with Crippen LogP contribution in [0.4, 0.5) is 10.5 Å². The Morgan fingerprint density at radius 1 is 1.12 bits per heavy atom. The molecule has 0 unspecified atom stereocenters. The summed E-state index contributed by atoms with van der Waals surface area (Å²) in [5.41, 5.74) is 3.90. The zero-order chi connectivity index (χ0) is 17.2. The van der Waals surface area contributed by atoms with Crippen LogP contribution in [0.3, 0.4) is 0 Å². The number of aromatic nitrogens is 2. The number of carbonyl (C=O) groups is 1. The molecule has 25 heavy (non-hydrogen) atoms. The summed E-state index contributed by atoms with van der Waals surface area (Å²) in [4.78, 5) is 18.4. The first-order chi connectivity index (χ1) is 12.2. The van der Waals surface area contributed by atoms with Gasteiger partial charge in [0.15, 0.2) is 0 Å². The summed E-state index contributed by atoms with van der Waals surface area (Å²) in [5.74, 6) is 1.03. The Morgan fingerprint density at radius 3 is 2.40 bits per heavy atom. The van der Waals surface area contributed by atoms with Crippen LogP contribution in [-0.2, 0) is 19.0 Å². The molecule has 0 fully saturated rings. The first-order valence-electron chi connectivity index (χ1n) is 7.84. The first-order valence-corrected chi connectivity index (χ1v) is 8.38. The molecule has 0 spiro atoms. The van der Waals surface area contributed by atoms with Gasteiger partial charge in [0.25, 0.3) is 0 Å². The SMILES string of the molecule is O=C(Nc1ccc(-c2noc(CCl)n2)cc1)N1Cc2ccccc2C1. The minimum Gasteiger partial charge on any atom is -0.338 e. The molecule has 6 nitrogen and oxygen atoms in total. The van der Waals surface area contributed by atoms with Crippen molar-refractivity contribution in [2.24, 2.45) is 0 Å². The van der Waals surface area contributed by atoms with E-state index >= 15 is 0 Å². The van der Waals surface area contributed by atoms with Crippen molar-refractivity contribution in [2.45, 2.75) is 19.0 Å². The molecule has 3 aromatic rings. The second-order valence-corrected chi connectivity index (χ2v) is 6.04. The minimum absolute atomic E-state index is 0.118. The van der Waals surface area contributed by atoms with E-state index in [9.17, 15) is 4.79 Å².